The van der Waals surface area contributed by atoms with Gasteiger partial charge in [0.15, 0.2) is 0 Å². The van der Waals surface area contributed by atoms with Crippen LogP contribution in [0.4, 0.5) is 11.4 Å². The minimum Gasteiger partial charge on any atom is -0.506 e. The summed E-state index contributed by atoms with van der Waals surface area (Å²) >= 11 is 0. The van der Waals surface area contributed by atoms with E-state index in [-0.39, 0.29) is 38.2 Å². The summed E-state index contributed by atoms with van der Waals surface area (Å²) < 4.78 is 69.1. The van der Waals surface area contributed by atoms with Crippen molar-refractivity contribution in [3.05, 3.63) is 48.0 Å². The van der Waals surface area contributed by atoms with Crippen LogP contribution in [0.3, 0.4) is 0 Å². The van der Waals surface area contributed by atoms with Crippen molar-refractivity contribution in [2.75, 3.05) is 7.11 Å². The molecule has 10 nitrogen and oxygen atoms in total. The van der Waals surface area contributed by atoms with E-state index in [4.69, 9.17) is 4.74 Å². The number of hydrogen-bond acceptors (Lipinski definition) is 8. The van der Waals surface area contributed by atoms with Gasteiger partial charge in [-0.3, -0.25) is 9.11 Å². The van der Waals surface area contributed by atoms with E-state index in [1.165, 1.54) is 50.4 Å². The fourth-order valence-electron chi connectivity index (χ4n) is 2.77. The van der Waals surface area contributed by atoms with E-state index in [1.54, 1.807) is 0 Å². The van der Waals surface area contributed by atoms with Crippen LogP contribution >= 0.6 is 0 Å². The normalized spacial score (nSPS) is 12.5. The third kappa shape index (κ3) is 4.41. The Labute approximate surface area is 172 Å². The summed E-state index contributed by atoms with van der Waals surface area (Å²) in [5.41, 5.74) is 0.329. The van der Waals surface area contributed by atoms with Gasteiger partial charge < -0.3 is 9.84 Å². The van der Waals surface area contributed by atoms with Gasteiger partial charge in [0.1, 0.15) is 27.8 Å². The summed E-state index contributed by atoms with van der Waals surface area (Å²) in [5, 5.41) is 19.0. The van der Waals surface area contributed by atoms with E-state index in [0.717, 1.165) is 6.07 Å². The van der Waals surface area contributed by atoms with Crippen LogP contribution in [-0.2, 0) is 20.2 Å². The fourth-order valence-corrected chi connectivity index (χ4v) is 4.01. The second kappa shape index (κ2) is 7.65. The van der Waals surface area contributed by atoms with Crippen molar-refractivity contribution in [3.8, 4) is 11.5 Å². The molecule has 0 aromatic heterocycles. The quantitative estimate of drug-likeness (QED) is 0.389. The lowest BCUT2D eigenvalue weighted by Crippen LogP contribution is -2.01. The van der Waals surface area contributed by atoms with Crippen LogP contribution in [0.1, 0.15) is 5.56 Å². The highest BCUT2D eigenvalue weighted by Crippen LogP contribution is 2.37. The minimum atomic E-state index is -4.46. The van der Waals surface area contributed by atoms with Crippen LogP contribution in [0.15, 0.2) is 62.5 Å². The molecule has 3 N–H and O–H groups in total. The number of nitrogens with zero attached hydrogens (tertiary/aromatic N) is 2. The van der Waals surface area contributed by atoms with E-state index < -0.39 is 20.2 Å². The molecule has 0 fully saturated rings. The first-order chi connectivity index (χ1) is 13.9. The summed E-state index contributed by atoms with van der Waals surface area (Å²) in [6.07, 6.45) is 0. The molecule has 12 heteroatoms. The Morgan fingerprint density at radius 3 is 2.10 bits per heavy atom. The average molecular weight is 452 g/mol. The van der Waals surface area contributed by atoms with Crippen molar-refractivity contribution < 1.29 is 35.8 Å². The molecule has 0 unspecified atom stereocenters. The molecule has 3 aromatic carbocycles. The SMILES string of the molecule is COc1cc(S(=O)(=O)O)c(C)cc1/N=N/c1cc2cc(S(=O)(=O)O)ccc2cc1O. The molecule has 0 saturated carbocycles. The molecule has 30 heavy (non-hydrogen) atoms. The maximum absolute atomic E-state index is 11.4. The van der Waals surface area contributed by atoms with Crippen LogP contribution < -0.4 is 4.74 Å². The van der Waals surface area contributed by atoms with Gasteiger partial charge >= 0.3 is 0 Å². The second-order valence-corrected chi connectivity index (χ2v) is 9.10. The van der Waals surface area contributed by atoms with Crippen LogP contribution in [0.5, 0.6) is 11.5 Å². The Balaban J connectivity index is 2.09. The van der Waals surface area contributed by atoms with Crippen molar-refractivity contribution in [2.45, 2.75) is 16.7 Å². The molecule has 158 valence electrons. The van der Waals surface area contributed by atoms with Gasteiger partial charge in [0.2, 0.25) is 0 Å². The highest BCUT2D eigenvalue weighted by atomic mass is 32.2. The summed E-state index contributed by atoms with van der Waals surface area (Å²) in [4.78, 5) is -0.661. The van der Waals surface area contributed by atoms with Gasteiger partial charge in [-0.05, 0) is 53.6 Å². The number of fused-ring (bicyclic) bond motifs is 1. The van der Waals surface area contributed by atoms with Gasteiger partial charge in [-0.25, -0.2) is 0 Å². The molecule has 0 amide bonds. The molecule has 3 aromatic rings. The molecule has 0 atom stereocenters. The van der Waals surface area contributed by atoms with Gasteiger partial charge in [-0.15, -0.1) is 10.2 Å². The van der Waals surface area contributed by atoms with Crippen molar-refractivity contribution in [3.63, 3.8) is 0 Å². The number of benzene rings is 3. The lowest BCUT2D eigenvalue weighted by molar-refractivity contribution is 0.413. The molecule has 0 aliphatic carbocycles. The predicted molar refractivity (Wildman–Crippen MR) is 107 cm³/mol. The standard InChI is InChI=1S/C18H16N2O8S2/c1-10-5-15(17(28-2)9-18(10)30(25,26)27)20-19-14-7-12-6-13(29(22,23)24)4-3-11(12)8-16(14)21/h3-9,21H,1-2H3,(H,22,23,24)(H,25,26,27)/b20-19+. The summed E-state index contributed by atoms with van der Waals surface area (Å²) in [6, 6.07) is 8.98. The highest BCUT2D eigenvalue weighted by Gasteiger charge is 2.17. The number of azo groups is 1. The zero-order chi connectivity index (χ0) is 22.3. The molecule has 0 aliphatic rings. The lowest BCUT2D eigenvalue weighted by Gasteiger charge is -2.09. The van der Waals surface area contributed by atoms with E-state index in [0.29, 0.717) is 10.8 Å². The maximum Gasteiger partial charge on any atom is 0.294 e. The van der Waals surface area contributed by atoms with E-state index in [9.17, 15) is 31.0 Å². The topological polar surface area (TPSA) is 163 Å². The van der Waals surface area contributed by atoms with E-state index in [2.05, 4.69) is 10.2 Å². The van der Waals surface area contributed by atoms with Gasteiger partial charge in [0, 0.05) is 6.07 Å². The first kappa shape index (κ1) is 21.6. The highest BCUT2D eigenvalue weighted by molar-refractivity contribution is 7.86. The van der Waals surface area contributed by atoms with Crippen molar-refractivity contribution in [1.29, 1.82) is 0 Å². The second-order valence-electron chi connectivity index (χ2n) is 6.29. The van der Waals surface area contributed by atoms with Gasteiger partial charge in [0.05, 0.1) is 12.0 Å². The number of phenolic OH excluding ortho intramolecular Hbond substituents is 1. The molecular formula is C18H16N2O8S2. The third-order valence-electron chi connectivity index (χ3n) is 4.22. The lowest BCUT2D eigenvalue weighted by atomic mass is 10.1. The smallest absolute Gasteiger partial charge is 0.294 e. The number of phenols is 1. The Hall–Kier alpha value is -3.06. The largest absolute Gasteiger partial charge is 0.506 e. The molecule has 3 rings (SSSR count). The van der Waals surface area contributed by atoms with Crippen molar-refractivity contribution in [1.82, 2.24) is 0 Å². The van der Waals surface area contributed by atoms with Crippen LogP contribution in [0, 0.1) is 6.92 Å². The van der Waals surface area contributed by atoms with Crippen LogP contribution in [0.25, 0.3) is 10.8 Å². The number of rotatable bonds is 5. The maximum atomic E-state index is 11.4. The van der Waals surface area contributed by atoms with Gasteiger partial charge in [-0.2, -0.15) is 16.8 Å². The van der Waals surface area contributed by atoms with Crippen molar-refractivity contribution in [2.24, 2.45) is 10.2 Å². The predicted octanol–water partition coefficient (Wildman–Crippen LogP) is 3.77. The fraction of sp³-hybridized carbons (Fsp3) is 0.111. The molecule has 0 aliphatic heterocycles. The minimum absolute atomic E-state index is 0.00597. The molecule has 0 saturated heterocycles. The Morgan fingerprint density at radius 2 is 1.50 bits per heavy atom. The Morgan fingerprint density at radius 1 is 0.833 bits per heavy atom. The molecular weight excluding hydrogens is 436 g/mol. The van der Waals surface area contributed by atoms with E-state index >= 15 is 0 Å². The zero-order valence-corrected chi connectivity index (χ0v) is 17.3. The zero-order valence-electron chi connectivity index (χ0n) is 15.6. The Kier molecular flexibility index (Phi) is 5.52. The summed E-state index contributed by atoms with van der Waals surface area (Å²) in [7, 11) is -7.58. The number of aromatic hydroxyl groups is 1. The monoisotopic (exact) mass is 452 g/mol. The van der Waals surface area contributed by atoms with Crippen molar-refractivity contribution >= 4 is 42.4 Å². The number of aryl methyl sites for hydroxylation is 1. The Bertz CT molecular complexity index is 1400. The van der Waals surface area contributed by atoms with Crippen LogP contribution in [-0.4, -0.2) is 38.2 Å². The first-order valence-corrected chi connectivity index (χ1v) is 11.1. The number of ether oxygens (including phenoxy) is 1. The molecule has 0 spiro atoms. The van der Waals surface area contributed by atoms with Gasteiger partial charge in [0.25, 0.3) is 20.2 Å². The molecule has 0 bridgehead atoms. The number of hydrogen-bond donors (Lipinski definition) is 3. The molecule has 0 radical (unpaired) electrons. The van der Waals surface area contributed by atoms with Crippen LogP contribution in [0.2, 0.25) is 0 Å². The molecule has 0 heterocycles. The average Bonchev–Trinajstić information content (AvgIpc) is 2.64. The number of methoxy groups -OCH3 is 1. The van der Waals surface area contributed by atoms with E-state index in [1.807, 2.05) is 0 Å². The van der Waals surface area contributed by atoms with Gasteiger partial charge in [-0.1, -0.05) is 6.07 Å². The third-order valence-corrected chi connectivity index (χ3v) is 6.07. The summed E-state index contributed by atoms with van der Waals surface area (Å²) in [6.45, 7) is 1.45. The summed E-state index contributed by atoms with van der Waals surface area (Å²) in [5.74, 6) is -0.220. The first-order valence-electron chi connectivity index (χ1n) is 8.22.